The third kappa shape index (κ3) is 4.50. The lowest BCUT2D eigenvalue weighted by molar-refractivity contribution is -0.117. The quantitative estimate of drug-likeness (QED) is 0.917. The number of carbonyl (C=O) groups excluding carboxylic acids is 1. The minimum absolute atomic E-state index is 0.0982. The Morgan fingerprint density at radius 2 is 1.88 bits per heavy atom. The summed E-state index contributed by atoms with van der Waals surface area (Å²) in [5.41, 5.74) is 2.15. The second-order valence-electron chi connectivity index (χ2n) is 5.95. The monoisotopic (exact) mass is 354 g/mol. The molecule has 2 aromatic rings. The van der Waals surface area contributed by atoms with Crippen molar-refractivity contribution in [2.45, 2.75) is 0 Å². The normalized spacial score (nSPS) is 14.8. The molecule has 25 heavy (non-hydrogen) atoms. The molecule has 1 aliphatic heterocycles. The lowest BCUT2D eigenvalue weighted by Gasteiger charge is -2.35. The van der Waals surface area contributed by atoms with Crippen molar-refractivity contribution in [2.24, 2.45) is 0 Å². The zero-order chi connectivity index (χ0) is 17.6. The van der Waals surface area contributed by atoms with Crippen molar-refractivity contribution in [3.8, 4) is 6.07 Å². The van der Waals surface area contributed by atoms with Crippen molar-refractivity contribution in [3.63, 3.8) is 0 Å². The van der Waals surface area contributed by atoms with Gasteiger partial charge < -0.3 is 10.2 Å². The Bertz CT molecular complexity index is 794. The highest BCUT2D eigenvalue weighted by Gasteiger charge is 2.19. The number of para-hydroxylation sites is 1. The van der Waals surface area contributed by atoms with Crippen LogP contribution >= 0.6 is 11.6 Å². The highest BCUT2D eigenvalue weighted by atomic mass is 35.5. The van der Waals surface area contributed by atoms with Crippen LogP contribution in [0.3, 0.4) is 0 Å². The van der Waals surface area contributed by atoms with Crippen molar-refractivity contribution >= 4 is 28.9 Å². The van der Waals surface area contributed by atoms with E-state index in [9.17, 15) is 4.79 Å². The molecular formula is C19H19ClN4O. The molecule has 0 atom stereocenters. The van der Waals surface area contributed by atoms with E-state index in [0.29, 0.717) is 17.8 Å². The minimum Gasteiger partial charge on any atom is -0.369 e. The van der Waals surface area contributed by atoms with Crippen LogP contribution in [0, 0.1) is 11.3 Å². The number of halogens is 1. The Hall–Kier alpha value is -2.55. The number of piperazine rings is 1. The average molecular weight is 355 g/mol. The Morgan fingerprint density at radius 1 is 1.12 bits per heavy atom. The van der Waals surface area contributed by atoms with Crippen LogP contribution in [-0.4, -0.2) is 43.5 Å². The van der Waals surface area contributed by atoms with Gasteiger partial charge in [0.05, 0.1) is 17.8 Å². The summed E-state index contributed by atoms with van der Waals surface area (Å²) in [4.78, 5) is 16.6. The summed E-state index contributed by atoms with van der Waals surface area (Å²) in [6.07, 6.45) is 0. The van der Waals surface area contributed by atoms with Crippen LogP contribution in [0.25, 0.3) is 0 Å². The van der Waals surface area contributed by atoms with Gasteiger partial charge in [0, 0.05) is 36.9 Å². The molecule has 6 heteroatoms. The van der Waals surface area contributed by atoms with E-state index in [1.165, 1.54) is 0 Å². The van der Waals surface area contributed by atoms with Gasteiger partial charge in [0.2, 0.25) is 5.91 Å². The smallest absolute Gasteiger partial charge is 0.238 e. The zero-order valence-corrected chi connectivity index (χ0v) is 14.5. The number of nitriles is 1. The highest BCUT2D eigenvalue weighted by molar-refractivity contribution is 6.30. The molecule has 0 radical (unpaired) electrons. The van der Waals surface area contributed by atoms with Crippen LogP contribution in [0.5, 0.6) is 0 Å². The predicted molar refractivity (Wildman–Crippen MR) is 99.9 cm³/mol. The molecule has 1 saturated heterocycles. The molecule has 5 nitrogen and oxygen atoms in total. The Morgan fingerprint density at radius 3 is 2.60 bits per heavy atom. The first kappa shape index (κ1) is 17.3. The van der Waals surface area contributed by atoms with Gasteiger partial charge in [-0.2, -0.15) is 5.26 Å². The summed E-state index contributed by atoms with van der Waals surface area (Å²) < 4.78 is 0. The van der Waals surface area contributed by atoms with Gasteiger partial charge in [-0.25, -0.2) is 0 Å². The molecule has 1 amide bonds. The van der Waals surface area contributed by atoms with Crippen molar-refractivity contribution in [1.82, 2.24) is 4.90 Å². The number of anilines is 2. The predicted octanol–water partition coefficient (Wildman–Crippen LogP) is 2.97. The largest absolute Gasteiger partial charge is 0.369 e. The van der Waals surface area contributed by atoms with E-state index in [0.717, 1.165) is 36.9 Å². The third-order valence-corrected chi connectivity index (χ3v) is 4.47. The molecule has 1 fully saturated rings. The molecule has 1 aliphatic rings. The number of hydrogen-bond donors (Lipinski definition) is 1. The fourth-order valence-corrected chi connectivity index (χ4v) is 3.10. The molecule has 0 bridgehead atoms. The van der Waals surface area contributed by atoms with Crippen molar-refractivity contribution in [1.29, 1.82) is 5.26 Å². The summed E-state index contributed by atoms with van der Waals surface area (Å²) in [5, 5.41) is 12.6. The van der Waals surface area contributed by atoms with Gasteiger partial charge in [0.15, 0.2) is 0 Å². The maximum Gasteiger partial charge on any atom is 0.238 e. The fourth-order valence-electron chi connectivity index (χ4n) is 2.92. The van der Waals surface area contributed by atoms with E-state index >= 15 is 0 Å². The first-order chi connectivity index (χ1) is 12.2. The van der Waals surface area contributed by atoms with Crippen molar-refractivity contribution < 1.29 is 4.79 Å². The van der Waals surface area contributed by atoms with Gasteiger partial charge in [0.25, 0.3) is 0 Å². The highest BCUT2D eigenvalue weighted by Crippen LogP contribution is 2.21. The average Bonchev–Trinajstić information content (AvgIpc) is 2.63. The summed E-state index contributed by atoms with van der Waals surface area (Å²) in [6, 6.07) is 16.9. The SMILES string of the molecule is N#Cc1ccccc1NC(=O)CN1CCN(c2cccc(Cl)c2)CC1. The van der Waals surface area contributed by atoms with Gasteiger partial charge in [-0.3, -0.25) is 9.69 Å². The van der Waals surface area contributed by atoms with Crippen molar-refractivity contribution in [2.75, 3.05) is 42.9 Å². The van der Waals surface area contributed by atoms with E-state index in [-0.39, 0.29) is 5.91 Å². The second kappa shape index (κ2) is 8.02. The van der Waals surface area contributed by atoms with Gasteiger partial charge in [-0.15, -0.1) is 0 Å². The van der Waals surface area contributed by atoms with Crippen LogP contribution < -0.4 is 10.2 Å². The third-order valence-electron chi connectivity index (χ3n) is 4.23. The van der Waals surface area contributed by atoms with Gasteiger partial charge >= 0.3 is 0 Å². The summed E-state index contributed by atoms with van der Waals surface area (Å²) in [5.74, 6) is -0.0982. The first-order valence-corrected chi connectivity index (χ1v) is 8.55. The Kier molecular flexibility index (Phi) is 5.54. The standard InChI is InChI=1S/C19H19ClN4O/c20-16-5-3-6-17(12-16)24-10-8-23(9-11-24)14-19(25)22-18-7-2-1-4-15(18)13-21/h1-7,12H,8-11,14H2,(H,22,25). The lowest BCUT2D eigenvalue weighted by atomic mass is 10.2. The van der Waals surface area contributed by atoms with E-state index in [2.05, 4.69) is 21.2 Å². The number of nitrogens with zero attached hydrogens (tertiary/aromatic N) is 3. The molecule has 0 aromatic heterocycles. The number of carbonyl (C=O) groups is 1. The molecule has 0 saturated carbocycles. The number of nitrogens with one attached hydrogen (secondary N) is 1. The maximum atomic E-state index is 12.3. The first-order valence-electron chi connectivity index (χ1n) is 8.17. The van der Waals surface area contributed by atoms with Crippen LogP contribution in [0.4, 0.5) is 11.4 Å². The molecule has 1 heterocycles. The number of benzene rings is 2. The molecular weight excluding hydrogens is 336 g/mol. The van der Waals surface area contributed by atoms with Crippen molar-refractivity contribution in [3.05, 3.63) is 59.1 Å². The topological polar surface area (TPSA) is 59.4 Å². The minimum atomic E-state index is -0.0982. The van der Waals surface area contributed by atoms with Gasteiger partial charge in [-0.05, 0) is 30.3 Å². The van der Waals surface area contributed by atoms with E-state index in [4.69, 9.17) is 16.9 Å². The Labute approximate surface area is 152 Å². The van der Waals surface area contributed by atoms with Crippen LogP contribution in [0.2, 0.25) is 5.02 Å². The molecule has 0 unspecified atom stereocenters. The number of rotatable bonds is 4. The molecule has 3 rings (SSSR count). The molecule has 1 N–H and O–H groups in total. The summed E-state index contributed by atoms with van der Waals surface area (Å²) >= 11 is 6.05. The molecule has 0 aliphatic carbocycles. The van der Waals surface area contributed by atoms with Gasteiger partial charge in [-0.1, -0.05) is 29.8 Å². The van der Waals surface area contributed by atoms with Crippen LogP contribution in [-0.2, 0) is 4.79 Å². The van der Waals surface area contributed by atoms with Crippen LogP contribution in [0.1, 0.15) is 5.56 Å². The van der Waals surface area contributed by atoms with Gasteiger partial charge in [0.1, 0.15) is 6.07 Å². The molecule has 2 aromatic carbocycles. The van der Waals surface area contributed by atoms with E-state index < -0.39 is 0 Å². The maximum absolute atomic E-state index is 12.3. The van der Waals surface area contributed by atoms with E-state index in [1.807, 2.05) is 24.3 Å². The van der Waals surface area contributed by atoms with Crippen LogP contribution in [0.15, 0.2) is 48.5 Å². The second-order valence-corrected chi connectivity index (χ2v) is 6.39. The fraction of sp³-hybridized carbons (Fsp3) is 0.263. The summed E-state index contributed by atoms with van der Waals surface area (Å²) in [7, 11) is 0. The lowest BCUT2D eigenvalue weighted by Crippen LogP contribution is -2.48. The number of hydrogen-bond acceptors (Lipinski definition) is 4. The molecule has 0 spiro atoms. The summed E-state index contributed by atoms with van der Waals surface area (Å²) in [6.45, 7) is 3.63. The number of amides is 1. The zero-order valence-electron chi connectivity index (χ0n) is 13.8. The van der Waals surface area contributed by atoms with E-state index in [1.54, 1.807) is 24.3 Å². The Balaban J connectivity index is 1.52. The molecule has 128 valence electrons.